The number of aromatic nitrogens is 3. The number of carbonyl (C=O) groups is 1. The Bertz CT molecular complexity index is 634. The van der Waals surface area contributed by atoms with Gasteiger partial charge in [0.25, 0.3) is 0 Å². The molecule has 1 amide bonds. The van der Waals surface area contributed by atoms with Crippen LogP contribution >= 0.6 is 0 Å². The van der Waals surface area contributed by atoms with E-state index in [4.69, 9.17) is 5.73 Å². The Hall–Kier alpha value is -1.95. The van der Waals surface area contributed by atoms with Crippen molar-refractivity contribution in [3.63, 3.8) is 0 Å². The maximum absolute atomic E-state index is 12.1. The molecule has 6 nitrogen and oxygen atoms in total. The zero-order chi connectivity index (χ0) is 14.9. The van der Waals surface area contributed by atoms with E-state index < -0.39 is 6.04 Å². The molecule has 0 saturated carbocycles. The number of aryl methyl sites for hydroxylation is 2. The molecule has 0 aromatic carbocycles. The molecule has 0 bridgehead atoms. The van der Waals surface area contributed by atoms with Crippen molar-refractivity contribution in [3.05, 3.63) is 18.0 Å². The fourth-order valence-corrected chi connectivity index (χ4v) is 2.11. The fraction of sp³-hybridized carbons (Fsp3) is 0.500. The Morgan fingerprint density at radius 3 is 2.90 bits per heavy atom. The van der Waals surface area contributed by atoms with Crippen LogP contribution in [0.5, 0.6) is 0 Å². The normalized spacial score (nSPS) is 14.2. The van der Waals surface area contributed by atoms with Crippen LogP contribution in [0, 0.1) is 12.8 Å². The van der Waals surface area contributed by atoms with E-state index in [1.54, 1.807) is 10.9 Å². The van der Waals surface area contributed by atoms with Gasteiger partial charge in [-0.1, -0.05) is 20.3 Å². The molecule has 2 aromatic rings. The van der Waals surface area contributed by atoms with Gasteiger partial charge in [0.15, 0.2) is 5.65 Å². The lowest BCUT2D eigenvalue weighted by Crippen LogP contribution is -2.40. The number of anilines is 1. The van der Waals surface area contributed by atoms with Crippen molar-refractivity contribution >= 4 is 22.6 Å². The Morgan fingerprint density at radius 1 is 1.55 bits per heavy atom. The summed E-state index contributed by atoms with van der Waals surface area (Å²) >= 11 is 0. The second-order valence-corrected chi connectivity index (χ2v) is 5.20. The second kappa shape index (κ2) is 5.58. The van der Waals surface area contributed by atoms with Gasteiger partial charge in [-0.15, -0.1) is 0 Å². The van der Waals surface area contributed by atoms with Crippen LogP contribution < -0.4 is 11.1 Å². The van der Waals surface area contributed by atoms with Gasteiger partial charge in [0.2, 0.25) is 5.91 Å². The fourth-order valence-electron chi connectivity index (χ4n) is 2.11. The van der Waals surface area contributed by atoms with Crippen molar-refractivity contribution < 1.29 is 4.79 Å². The second-order valence-electron chi connectivity index (χ2n) is 5.20. The molecule has 0 aliphatic rings. The van der Waals surface area contributed by atoms with Crippen LogP contribution in [-0.4, -0.2) is 26.7 Å². The van der Waals surface area contributed by atoms with Gasteiger partial charge in [-0.05, 0) is 18.9 Å². The summed E-state index contributed by atoms with van der Waals surface area (Å²) in [5.74, 6) is -0.0335. The van der Waals surface area contributed by atoms with Crippen LogP contribution in [-0.2, 0) is 11.8 Å². The first kappa shape index (κ1) is 14.5. The number of nitrogens with zero attached hydrogens (tertiary/aromatic N) is 3. The summed E-state index contributed by atoms with van der Waals surface area (Å²) in [5, 5.41) is 8.06. The van der Waals surface area contributed by atoms with Crippen LogP contribution in [0.1, 0.15) is 26.0 Å². The first-order valence-corrected chi connectivity index (χ1v) is 6.79. The summed E-state index contributed by atoms with van der Waals surface area (Å²) in [7, 11) is 1.85. The molecule has 2 heterocycles. The molecule has 0 aliphatic heterocycles. The minimum absolute atomic E-state index is 0.145. The predicted molar refractivity (Wildman–Crippen MR) is 79.3 cm³/mol. The zero-order valence-electron chi connectivity index (χ0n) is 12.3. The first-order valence-electron chi connectivity index (χ1n) is 6.79. The molecule has 0 aliphatic carbocycles. The van der Waals surface area contributed by atoms with Crippen LogP contribution in [0.4, 0.5) is 5.69 Å². The van der Waals surface area contributed by atoms with Gasteiger partial charge in [0.1, 0.15) is 0 Å². The van der Waals surface area contributed by atoms with E-state index in [0.29, 0.717) is 5.69 Å². The van der Waals surface area contributed by atoms with E-state index in [1.165, 1.54) is 0 Å². The molecule has 2 atom stereocenters. The molecular formula is C14H21N5O. The minimum Gasteiger partial charge on any atom is -0.323 e. The van der Waals surface area contributed by atoms with E-state index in [0.717, 1.165) is 23.1 Å². The van der Waals surface area contributed by atoms with E-state index >= 15 is 0 Å². The molecule has 3 N–H and O–H groups in total. The number of nitrogens with one attached hydrogen (secondary N) is 1. The standard InChI is InChI=1S/C14H21N5O/c1-5-8(2)12(15)14(20)17-10-6-11-9(3)18-19(4)13(11)16-7-10/h6-8,12H,5,15H2,1-4H3,(H,17,20)/t8?,12-/m0/s1. The number of carbonyl (C=O) groups excluding carboxylic acids is 1. The molecule has 108 valence electrons. The van der Waals surface area contributed by atoms with Crippen molar-refractivity contribution in [2.24, 2.45) is 18.7 Å². The molecular weight excluding hydrogens is 254 g/mol. The predicted octanol–water partition coefficient (Wildman–Crippen LogP) is 1.59. The SMILES string of the molecule is CCC(C)[C@H](N)C(=O)Nc1cnc2c(c1)c(C)nn2C. The van der Waals surface area contributed by atoms with Crippen molar-refractivity contribution in [2.75, 3.05) is 5.32 Å². The van der Waals surface area contributed by atoms with Gasteiger partial charge in [0, 0.05) is 12.4 Å². The number of fused-ring (bicyclic) bond motifs is 1. The summed E-state index contributed by atoms with van der Waals surface area (Å²) in [4.78, 5) is 16.4. The summed E-state index contributed by atoms with van der Waals surface area (Å²) in [6, 6.07) is 1.37. The maximum atomic E-state index is 12.1. The molecule has 6 heteroatoms. The highest BCUT2D eigenvalue weighted by molar-refractivity contribution is 5.96. The summed E-state index contributed by atoms with van der Waals surface area (Å²) in [5.41, 5.74) is 8.25. The zero-order valence-corrected chi connectivity index (χ0v) is 12.3. The first-order chi connectivity index (χ1) is 9.43. The lowest BCUT2D eigenvalue weighted by atomic mass is 9.99. The number of amides is 1. The lowest BCUT2D eigenvalue weighted by Gasteiger charge is -2.17. The molecule has 2 aromatic heterocycles. The highest BCUT2D eigenvalue weighted by atomic mass is 16.2. The van der Waals surface area contributed by atoms with Crippen molar-refractivity contribution in [3.8, 4) is 0 Å². The number of hydrogen-bond acceptors (Lipinski definition) is 4. The third-order valence-corrected chi connectivity index (χ3v) is 3.69. The van der Waals surface area contributed by atoms with Crippen LogP contribution in [0.2, 0.25) is 0 Å². The van der Waals surface area contributed by atoms with Gasteiger partial charge >= 0.3 is 0 Å². The number of nitrogens with two attached hydrogens (primary N) is 1. The van der Waals surface area contributed by atoms with Gasteiger partial charge in [-0.3, -0.25) is 9.48 Å². The third-order valence-electron chi connectivity index (χ3n) is 3.69. The monoisotopic (exact) mass is 275 g/mol. The topological polar surface area (TPSA) is 85.8 Å². The van der Waals surface area contributed by atoms with E-state index in [2.05, 4.69) is 15.4 Å². The Balaban J connectivity index is 2.22. The highest BCUT2D eigenvalue weighted by Gasteiger charge is 2.19. The average Bonchev–Trinajstić information content (AvgIpc) is 2.72. The molecule has 1 unspecified atom stereocenters. The van der Waals surface area contributed by atoms with Crippen molar-refractivity contribution in [1.82, 2.24) is 14.8 Å². The van der Waals surface area contributed by atoms with Crippen molar-refractivity contribution in [2.45, 2.75) is 33.2 Å². The van der Waals surface area contributed by atoms with E-state index in [9.17, 15) is 4.79 Å². The Kier molecular flexibility index (Phi) is 4.04. The highest BCUT2D eigenvalue weighted by Crippen LogP contribution is 2.19. The third kappa shape index (κ3) is 2.65. The molecule has 0 spiro atoms. The minimum atomic E-state index is -0.509. The van der Waals surface area contributed by atoms with Gasteiger partial charge < -0.3 is 11.1 Å². The van der Waals surface area contributed by atoms with Crippen LogP contribution in [0.25, 0.3) is 11.0 Å². The average molecular weight is 275 g/mol. The number of pyridine rings is 1. The maximum Gasteiger partial charge on any atom is 0.241 e. The van der Waals surface area contributed by atoms with Gasteiger partial charge in [0.05, 0.1) is 23.6 Å². The lowest BCUT2D eigenvalue weighted by molar-refractivity contribution is -0.118. The molecule has 20 heavy (non-hydrogen) atoms. The van der Waals surface area contributed by atoms with Gasteiger partial charge in [-0.25, -0.2) is 4.98 Å². The summed E-state index contributed by atoms with van der Waals surface area (Å²) in [6.07, 6.45) is 2.50. The summed E-state index contributed by atoms with van der Waals surface area (Å²) in [6.45, 7) is 5.90. The largest absolute Gasteiger partial charge is 0.323 e. The Morgan fingerprint density at radius 2 is 2.25 bits per heavy atom. The summed E-state index contributed by atoms with van der Waals surface area (Å²) < 4.78 is 1.72. The van der Waals surface area contributed by atoms with E-state index in [1.807, 2.05) is 33.9 Å². The Labute approximate surface area is 118 Å². The number of rotatable bonds is 4. The molecule has 0 radical (unpaired) electrons. The molecule has 0 saturated heterocycles. The van der Waals surface area contributed by atoms with Crippen LogP contribution in [0.15, 0.2) is 12.3 Å². The molecule has 2 rings (SSSR count). The van der Waals surface area contributed by atoms with E-state index in [-0.39, 0.29) is 11.8 Å². The number of hydrogen-bond donors (Lipinski definition) is 2. The van der Waals surface area contributed by atoms with Crippen LogP contribution in [0.3, 0.4) is 0 Å². The van der Waals surface area contributed by atoms with Crippen molar-refractivity contribution in [1.29, 1.82) is 0 Å². The van der Waals surface area contributed by atoms with Gasteiger partial charge in [-0.2, -0.15) is 5.10 Å². The quantitative estimate of drug-likeness (QED) is 0.887. The smallest absolute Gasteiger partial charge is 0.241 e. The molecule has 0 fully saturated rings.